The average Bonchev–Trinajstić information content (AvgIpc) is 2.95. The van der Waals surface area contributed by atoms with E-state index in [1.165, 1.54) is 10.4 Å². The van der Waals surface area contributed by atoms with Crippen molar-refractivity contribution in [3.63, 3.8) is 0 Å². The fourth-order valence-corrected chi connectivity index (χ4v) is 3.06. The van der Waals surface area contributed by atoms with Crippen molar-refractivity contribution in [1.29, 1.82) is 0 Å². The van der Waals surface area contributed by atoms with Gasteiger partial charge in [0.15, 0.2) is 5.13 Å². The minimum absolute atomic E-state index is 0.689. The molecule has 5 heteroatoms. The standard InChI is InChI=1S/C16H24N4S/c1-19(2)16-18-12-15(21-16)13-20(11-9-17)10-8-14-6-4-3-5-7-14/h3-7,12H,8-11,13,17H2,1-2H3. The van der Waals surface area contributed by atoms with Crippen molar-refractivity contribution in [2.75, 3.05) is 38.6 Å². The number of hydrogen-bond acceptors (Lipinski definition) is 5. The monoisotopic (exact) mass is 304 g/mol. The van der Waals surface area contributed by atoms with Gasteiger partial charge in [-0.1, -0.05) is 30.3 Å². The van der Waals surface area contributed by atoms with Crippen LogP contribution >= 0.6 is 11.3 Å². The summed E-state index contributed by atoms with van der Waals surface area (Å²) in [4.78, 5) is 10.2. The molecule has 2 rings (SSSR count). The van der Waals surface area contributed by atoms with Crippen LogP contribution in [0.3, 0.4) is 0 Å². The lowest BCUT2D eigenvalue weighted by Crippen LogP contribution is -2.30. The van der Waals surface area contributed by atoms with Crippen LogP contribution in [0.5, 0.6) is 0 Å². The van der Waals surface area contributed by atoms with Gasteiger partial charge >= 0.3 is 0 Å². The predicted molar refractivity (Wildman–Crippen MR) is 90.9 cm³/mol. The smallest absolute Gasteiger partial charge is 0.185 e. The Morgan fingerprint density at radius 1 is 1.14 bits per heavy atom. The van der Waals surface area contributed by atoms with Gasteiger partial charge in [0.1, 0.15) is 0 Å². The fraction of sp³-hybridized carbons (Fsp3) is 0.438. The van der Waals surface area contributed by atoms with E-state index in [0.717, 1.165) is 31.2 Å². The summed E-state index contributed by atoms with van der Waals surface area (Å²) in [5.41, 5.74) is 7.12. The maximum atomic E-state index is 5.74. The Hall–Kier alpha value is -1.43. The zero-order valence-electron chi connectivity index (χ0n) is 12.8. The van der Waals surface area contributed by atoms with Gasteiger partial charge in [0.2, 0.25) is 0 Å². The molecule has 114 valence electrons. The van der Waals surface area contributed by atoms with Crippen molar-refractivity contribution in [3.05, 3.63) is 47.0 Å². The van der Waals surface area contributed by atoms with Crippen LogP contribution in [0, 0.1) is 0 Å². The van der Waals surface area contributed by atoms with Gasteiger partial charge in [-0.2, -0.15) is 0 Å². The van der Waals surface area contributed by atoms with Gasteiger partial charge in [-0.15, -0.1) is 11.3 Å². The summed E-state index contributed by atoms with van der Waals surface area (Å²) in [7, 11) is 4.05. The van der Waals surface area contributed by atoms with Crippen molar-refractivity contribution >= 4 is 16.5 Å². The minimum Gasteiger partial charge on any atom is -0.354 e. The van der Waals surface area contributed by atoms with Gasteiger partial charge in [-0.05, 0) is 12.0 Å². The first kappa shape index (κ1) is 15.9. The molecule has 2 N–H and O–H groups in total. The molecule has 0 amide bonds. The first-order valence-corrected chi connectivity index (χ1v) is 8.09. The Bertz CT molecular complexity index is 524. The van der Waals surface area contributed by atoms with Crippen molar-refractivity contribution in [3.8, 4) is 0 Å². The molecule has 0 bridgehead atoms. The van der Waals surface area contributed by atoms with Crippen molar-refractivity contribution in [1.82, 2.24) is 9.88 Å². The van der Waals surface area contributed by atoms with Crippen LogP contribution < -0.4 is 10.6 Å². The molecular weight excluding hydrogens is 280 g/mol. The second-order valence-corrected chi connectivity index (χ2v) is 6.40. The predicted octanol–water partition coefficient (Wildman–Crippen LogP) is 2.21. The van der Waals surface area contributed by atoms with Crippen LogP contribution in [0.4, 0.5) is 5.13 Å². The van der Waals surface area contributed by atoms with Gasteiger partial charge in [0.25, 0.3) is 0 Å². The summed E-state index contributed by atoms with van der Waals surface area (Å²) in [6.07, 6.45) is 3.03. The second-order valence-electron chi connectivity index (χ2n) is 5.30. The summed E-state index contributed by atoms with van der Waals surface area (Å²) in [6, 6.07) is 10.6. The van der Waals surface area contributed by atoms with Crippen LogP contribution in [-0.4, -0.2) is 43.6 Å². The molecule has 2 aromatic rings. The Morgan fingerprint density at radius 2 is 1.90 bits per heavy atom. The number of benzene rings is 1. The van der Waals surface area contributed by atoms with E-state index >= 15 is 0 Å². The first-order valence-electron chi connectivity index (χ1n) is 7.27. The highest BCUT2D eigenvalue weighted by molar-refractivity contribution is 7.15. The quantitative estimate of drug-likeness (QED) is 0.812. The number of anilines is 1. The van der Waals surface area contributed by atoms with E-state index < -0.39 is 0 Å². The molecule has 0 aliphatic heterocycles. The van der Waals surface area contributed by atoms with E-state index in [-0.39, 0.29) is 0 Å². The van der Waals surface area contributed by atoms with Gasteiger partial charge in [-0.3, -0.25) is 4.90 Å². The molecule has 0 saturated heterocycles. The molecule has 1 aromatic heterocycles. The average molecular weight is 304 g/mol. The molecule has 0 fully saturated rings. The lowest BCUT2D eigenvalue weighted by Gasteiger charge is -2.20. The third-order valence-corrected chi connectivity index (χ3v) is 4.46. The Kier molecular flexibility index (Phi) is 6.17. The van der Waals surface area contributed by atoms with Crippen LogP contribution in [0.15, 0.2) is 36.5 Å². The van der Waals surface area contributed by atoms with E-state index in [1.807, 2.05) is 25.2 Å². The summed E-state index contributed by atoms with van der Waals surface area (Å²) in [6.45, 7) is 3.56. The molecule has 0 aliphatic carbocycles. The van der Waals surface area contributed by atoms with Gasteiger partial charge in [-0.25, -0.2) is 4.98 Å². The number of nitrogens with zero attached hydrogens (tertiary/aromatic N) is 3. The number of aromatic nitrogens is 1. The number of hydrogen-bond donors (Lipinski definition) is 1. The molecule has 4 nitrogen and oxygen atoms in total. The second kappa shape index (κ2) is 8.12. The zero-order chi connectivity index (χ0) is 15.1. The van der Waals surface area contributed by atoms with E-state index in [0.29, 0.717) is 6.54 Å². The molecule has 0 unspecified atom stereocenters. The lowest BCUT2D eigenvalue weighted by molar-refractivity contribution is 0.278. The molecule has 0 radical (unpaired) electrons. The summed E-state index contributed by atoms with van der Waals surface area (Å²) in [5, 5.41) is 1.06. The molecule has 21 heavy (non-hydrogen) atoms. The maximum Gasteiger partial charge on any atom is 0.185 e. The highest BCUT2D eigenvalue weighted by Gasteiger charge is 2.09. The van der Waals surface area contributed by atoms with Gasteiger partial charge in [0.05, 0.1) is 0 Å². The van der Waals surface area contributed by atoms with Gasteiger partial charge in [0, 0.05) is 51.3 Å². The number of thiazole rings is 1. The number of nitrogens with two attached hydrogens (primary N) is 1. The van der Waals surface area contributed by atoms with Gasteiger partial charge < -0.3 is 10.6 Å². The molecular formula is C16H24N4S. The Morgan fingerprint density at radius 3 is 2.52 bits per heavy atom. The van der Waals surface area contributed by atoms with Crippen LogP contribution in [0.1, 0.15) is 10.4 Å². The highest BCUT2D eigenvalue weighted by atomic mass is 32.1. The van der Waals surface area contributed by atoms with Crippen LogP contribution in [-0.2, 0) is 13.0 Å². The van der Waals surface area contributed by atoms with Crippen molar-refractivity contribution < 1.29 is 0 Å². The molecule has 1 heterocycles. The lowest BCUT2D eigenvalue weighted by atomic mass is 10.1. The maximum absolute atomic E-state index is 5.74. The van der Waals surface area contributed by atoms with E-state index in [1.54, 1.807) is 11.3 Å². The van der Waals surface area contributed by atoms with Crippen molar-refractivity contribution in [2.45, 2.75) is 13.0 Å². The fourth-order valence-electron chi connectivity index (χ4n) is 2.18. The largest absolute Gasteiger partial charge is 0.354 e. The third-order valence-electron chi connectivity index (χ3n) is 3.31. The van der Waals surface area contributed by atoms with Crippen LogP contribution in [0.2, 0.25) is 0 Å². The topological polar surface area (TPSA) is 45.4 Å². The van der Waals surface area contributed by atoms with E-state index in [2.05, 4.69) is 40.2 Å². The summed E-state index contributed by atoms with van der Waals surface area (Å²) < 4.78 is 0. The van der Waals surface area contributed by atoms with Crippen molar-refractivity contribution in [2.24, 2.45) is 5.73 Å². The summed E-state index contributed by atoms with van der Waals surface area (Å²) in [5.74, 6) is 0. The minimum atomic E-state index is 0.689. The molecule has 0 atom stereocenters. The Balaban J connectivity index is 1.91. The first-order chi connectivity index (χ1) is 10.2. The van der Waals surface area contributed by atoms with E-state index in [9.17, 15) is 0 Å². The zero-order valence-corrected chi connectivity index (χ0v) is 13.6. The summed E-state index contributed by atoms with van der Waals surface area (Å²) >= 11 is 1.75. The Labute approximate surface area is 131 Å². The SMILES string of the molecule is CN(C)c1ncc(CN(CCN)CCc2ccccc2)s1. The molecule has 1 aromatic carbocycles. The molecule has 0 spiro atoms. The third kappa shape index (κ3) is 5.12. The molecule has 0 saturated carbocycles. The highest BCUT2D eigenvalue weighted by Crippen LogP contribution is 2.21. The van der Waals surface area contributed by atoms with Crippen LogP contribution in [0.25, 0.3) is 0 Å². The van der Waals surface area contributed by atoms with E-state index in [4.69, 9.17) is 5.73 Å². The normalized spacial score (nSPS) is 11.0. The molecule has 0 aliphatic rings. The number of rotatable bonds is 8.